The smallest absolute Gasteiger partial charge is 0.120 e. The minimum absolute atomic E-state index is 0.418. The highest BCUT2D eigenvalue weighted by molar-refractivity contribution is 5.14. The van der Waals surface area contributed by atoms with Crippen LogP contribution in [0.5, 0.6) is 0 Å². The average molecular weight is 232 g/mol. The number of aliphatic hydroxyl groups is 1. The van der Waals surface area contributed by atoms with E-state index in [0.717, 1.165) is 44.5 Å². The molecule has 0 aliphatic carbocycles. The van der Waals surface area contributed by atoms with Gasteiger partial charge in [-0.3, -0.25) is 0 Å². The van der Waals surface area contributed by atoms with Crippen molar-refractivity contribution in [3.05, 3.63) is 47.7 Å². The summed E-state index contributed by atoms with van der Waals surface area (Å²) in [7, 11) is 0. The van der Waals surface area contributed by atoms with Gasteiger partial charge in [0, 0.05) is 0 Å². The Labute approximate surface area is 103 Å². The molecule has 0 spiro atoms. The van der Waals surface area contributed by atoms with Gasteiger partial charge in [0.25, 0.3) is 0 Å². The summed E-state index contributed by atoms with van der Waals surface area (Å²) in [6, 6.07) is 10.4. The summed E-state index contributed by atoms with van der Waals surface area (Å²) >= 11 is 0. The number of aliphatic hydroxyl groups excluding tert-OH is 1. The van der Waals surface area contributed by atoms with Crippen LogP contribution in [-0.4, -0.2) is 17.8 Å². The highest BCUT2D eigenvalue weighted by atomic mass is 16.5. The normalized spacial score (nSPS) is 17.1. The lowest BCUT2D eigenvalue weighted by molar-refractivity contribution is 0.0855. The number of hydrogen-bond acceptors (Lipinski definition) is 2. The van der Waals surface area contributed by atoms with E-state index in [-0.39, 0.29) is 0 Å². The molecule has 2 nitrogen and oxygen atoms in total. The van der Waals surface area contributed by atoms with Crippen molar-refractivity contribution in [1.82, 2.24) is 0 Å². The van der Waals surface area contributed by atoms with Gasteiger partial charge in [0.2, 0.25) is 0 Å². The van der Waals surface area contributed by atoms with Gasteiger partial charge >= 0.3 is 0 Å². The van der Waals surface area contributed by atoms with Crippen molar-refractivity contribution in [2.45, 2.75) is 38.2 Å². The minimum Gasteiger partial charge on any atom is -0.496 e. The number of ether oxygens (including phenoxy) is 1. The molecule has 0 amide bonds. The van der Waals surface area contributed by atoms with E-state index in [4.69, 9.17) is 4.74 Å². The molecule has 1 N–H and O–H groups in total. The summed E-state index contributed by atoms with van der Waals surface area (Å²) < 4.78 is 5.45. The molecule has 1 heterocycles. The van der Waals surface area contributed by atoms with E-state index in [1.807, 2.05) is 12.1 Å². The lowest BCUT2D eigenvalue weighted by atomic mass is 10.0. The van der Waals surface area contributed by atoms with Crippen LogP contribution in [0.1, 0.15) is 31.2 Å². The highest BCUT2D eigenvalue weighted by Gasteiger charge is 2.14. The molecule has 1 aliphatic rings. The van der Waals surface area contributed by atoms with Gasteiger partial charge in [-0.25, -0.2) is 0 Å². The molecule has 2 rings (SSSR count). The zero-order valence-corrected chi connectivity index (χ0v) is 10.1. The number of aryl methyl sites for hydroxylation is 1. The zero-order chi connectivity index (χ0) is 11.9. The fraction of sp³-hybridized carbons (Fsp3) is 0.467. The van der Waals surface area contributed by atoms with Crippen LogP contribution >= 0.6 is 0 Å². The van der Waals surface area contributed by atoms with Crippen molar-refractivity contribution < 1.29 is 9.84 Å². The second kappa shape index (κ2) is 6.45. The molecule has 1 unspecified atom stereocenters. The van der Waals surface area contributed by atoms with Gasteiger partial charge in [-0.2, -0.15) is 0 Å². The van der Waals surface area contributed by atoms with Crippen molar-refractivity contribution >= 4 is 0 Å². The molecule has 1 atom stereocenters. The Hall–Kier alpha value is -1.28. The van der Waals surface area contributed by atoms with Crippen molar-refractivity contribution in [3.63, 3.8) is 0 Å². The fourth-order valence-corrected chi connectivity index (χ4v) is 2.10. The summed E-state index contributed by atoms with van der Waals surface area (Å²) in [5, 5.41) is 9.96. The molecule has 1 aromatic rings. The fourth-order valence-electron chi connectivity index (χ4n) is 2.10. The number of allylic oxidation sites excluding steroid dienone is 1. The Morgan fingerprint density at radius 2 is 2.06 bits per heavy atom. The molecular formula is C15H20O2. The van der Waals surface area contributed by atoms with Crippen LogP contribution in [0.4, 0.5) is 0 Å². The van der Waals surface area contributed by atoms with E-state index in [9.17, 15) is 5.11 Å². The molecule has 0 bridgehead atoms. The van der Waals surface area contributed by atoms with Crippen LogP contribution in [0.15, 0.2) is 42.2 Å². The maximum absolute atomic E-state index is 9.96. The molecule has 0 saturated heterocycles. The Kier molecular flexibility index (Phi) is 4.63. The summed E-state index contributed by atoms with van der Waals surface area (Å²) in [6.07, 6.45) is 6.50. The van der Waals surface area contributed by atoms with Gasteiger partial charge < -0.3 is 9.84 Å². The molecule has 92 valence electrons. The number of hydrogen-bond donors (Lipinski definition) is 1. The molecule has 2 heteroatoms. The van der Waals surface area contributed by atoms with Crippen LogP contribution in [-0.2, 0) is 11.2 Å². The first-order valence-electron chi connectivity index (χ1n) is 6.41. The van der Waals surface area contributed by atoms with Crippen molar-refractivity contribution in [3.8, 4) is 0 Å². The molecule has 0 aromatic heterocycles. The topological polar surface area (TPSA) is 29.5 Å². The Morgan fingerprint density at radius 3 is 2.76 bits per heavy atom. The maximum atomic E-state index is 9.96. The van der Waals surface area contributed by atoms with Gasteiger partial charge in [0.15, 0.2) is 0 Å². The molecular weight excluding hydrogens is 212 g/mol. The third-order valence-electron chi connectivity index (χ3n) is 3.08. The molecule has 17 heavy (non-hydrogen) atoms. The molecule has 0 radical (unpaired) electrons. The maximum Gasteiger partial charge on any atom is 0.120 e. The van der Waals surface area contributed by atoms with E-state index < -0.39 is 6.10 Å². The predicted molar refractivity (Wildman–Crippen MR) is 68.7 cm³/mol. The zero-order valence-electron chi connectivity index (χ0n) is 10.1. The van der Waals surface area contributed by atoms with Crippen molar-refractivity contribution in [2.24, 2.45) is 0 Å². The molecule has 1 aromatic carbocycles. The quantitative estimate of drug-likeness (QED) is 0.845. The second-order valence-corrected chi connectivity index (χ2v) is 4.49. The molecule has 1 aliphatic heterocycles. The van der Waals surface area contributed by atoms with Crippen molar-refractivity contribution in [1.29, 1.82) is 0 Å². The summed E-state index contributed by atoms with van der Waals surface area (Å²) in [5.41, 5.74) is 1.33. The Morgan fingerprint density at radius 1 is 1.24 bits per heavy atom. The largest absolute Gasteiger partial charge is 0.496 e. The van der Waals surface area contributed by atoms with E-state index in [1.165, 1.54) is 5.56 Å². The first kappa shape index (κ1) is 12.2. The van der Waals surface area contributed by atoms with E-state index >= 15 is 0 Å². The SMILES string of the molecule is OC(CCCc1ccccc1)C1=CCCCO1. The van der Waals surface area contributed by atoms with Gasteiger partial charge in [0.1, 0.15) is 11.9 Å². The summed E-state index contributed by atoms with van der Waals surface area (Å²) in [5.74, 6) is 0.782. The minimum atomic E-state index is -0.418. The van der Waals surface area contributed by atoms with Crippen LogP contribution in [0.25, 0.3) is 0 Å². The monoisotopic (exact) mass is 232 g/mol. The lowest BCUT2D eigenvalue weighted by Crippen LogP contribution is -2.16. The van der Waals surface area contributed by atoms with Gasteiger partial charge in [-0.1, -0.05) is 30.3 Å². The van der Waals surface area contributed by atoms with Gasteiger partial charge in [0.05, 0.1) is 6.61 Å². The highest BCUT2D eigenvalue weighted by Crippen LogP contribution is 2.17. The summed E-state index contributed by atoms with van der Waals surface area (Å²) in [6.45, 7) is 0.752. The molecule has 0 fully saturated rings. The van der Waals surface area contributed by atoms with Crippen LogP contribution in [0, 0.1) is 0 Å². The third kappa shape index (κ3) is 3.90. The van der Waals surface area contributed by atoms with Gasteiger partial charge in [-0.05, 0) is 43.7 Å². The molecule has 0 saturated carbocycles. The standard InChI is InChI=1S/C15H20O2/c16-14(15-11-4-5-12-17-15)10-6-9-13-7-2-1-3-8-13/h1-3,7-8,11,14,16H,4-6,9-10,12H2. The Balaban J connectivity index is 1.73. The first-order chi connectivity index (χ1) is 8.36. The second-order valence-electron chi connectivity index (χ2n) is 4.49. The number of rotatable bonds is 5. The number of benzene rings is 1. The predicted octanol–water partition coefficient (Wildman–Crippen LogP) is 3.06. The third-order valence-corrected chi connectivity index (χ3v) is 3.08. The van der Waals surface area contributed by atoms with Crippen molar-refractivity contribution in [2.75, 3.05) is 6.61 Å². The van der Waals surface area contributed by atoms with Gasteiger partial charge in [-0.15, -0.1) is 0 Å². The van der Waals surface area contributed by atoms with Crippen LogP contribution in [0.3, 0.4) is 0 Å². The average Bonchev–Trinajstić information content (AvgIpc) is 2.41. The van der Waals surface area contributed by atoms with E-state index in [1.54, 1.807) is 0 Å². The lowest BCUT2D eigenvalue weighted by Gasteiger charge is -2.19. The van der Waals surface area contributed by atoms with Crippen LogP contribution in [0.2, 0.25) is 0 Å². The van der Waals surface area contributed by atoms with E-state index in [2.05, 4.69) is 24.3 Å². The van der Waals surface area contributed by atoms with E-state index in [0.29, 0.717) is 0 Å². The first-order valence-corrected chi connectivity index (χ1v) is 6.41. The Bertz CT molecular complexity index is 356. The van der Waals surface area contributed by atoms with Crippen LogP contribution < -0.4 is 0 Å². The summed E-state index contributed by atoms with van der Waals surface area (Å²) in [4.78, 5) is 0.